The molecule has 2 N–H and O–H groups in total. The monoisotopic (exact) mass is 423 g/mol. The molecule has 1 aromatic heterocycles. The Labute approximate surface area is 175 Å². The Hall–Kier alpha value is -1.99. The Morgan fingerprint density at radius 1 is 1.32 bits per heavy atom. The maximum atomic E-state index is 12.1. The number of unbranched alkanes of at least 4 members (excludes halogenated alkanes) is 1. The molecule has 6 nitrogen and oxygen atoms in total. The van der Waals surface area contributed by atoms with E-state index in [1.807, 2.05) is 11.5 Å². The number of carboxylic acids is 1. The van der Waals surface area contributed by atoms with Crippen LogP contribution < -0.4 is 5.32 Å². The summed E-state index contributed by atoms with van der Waals surface area (Å²) in [5.74, 6) is 0.0980. The number of aromatic carboxylic acids is 1. The van der Waals surface area contributed by atoms with Gasteiger partial charge in [-0.3, -0.25) is 4.79 Å². The lowest BCUT2D eigenvalue weighted by molar-refractivity contribution is -0.124. The summed E-state index contributed by atoms with van der Waals surface area (Å²) in [5, 5.41) is 12.3. The molecule has 152 valence electrons. The number of hydrogen-bond acceptors (Lipinski definition) is 4. The van der Waals surface area contributed by atoms with Gasteiger partial charge in [-0.2, -0.15) is 12.6 Å². The molecule has 0 aliphatic carbocycles. The molecular formula is C20H26ClN3O3S. The standard InChI is InChI=1S/C20H26ClN3O3S/c1-3-4-5-17-23-18(21)16(10-22-19(25)13(2)12-28)24(17)11-14-6-8-15(9-7-14)20(26)27/h6-9,13,28H,3-5,10-12H2,1-2H3,(H,22,25)(H,26,27). The van der Waals surface area contributed by atoms with E-state index in [4.69, 9.17) is 16.7 Å². The first-order valence-electron chi connectivity index (χ1n) is 9.31. The molecule has 0 saturated heterocycles. The van der Waals surface area contributed by atoms with Gasteiger partial charge in [0.15, 0.2) is 5.15 Å². The number of nitrogens with zero attached hydrogens (tertiary/aromatic N) is 2. The fraction of sp³-hybridized carbons (Fsp3) is 0.450. The number of hydrogen-bond donors (Lipinski definition) is 3. The van der Waals surface area contributed by atoms with Crippen LogP contribution in [0.2, 0.25) is 5.15 Å². The third-order valence-electron chi connectivity index (χ3n) is 4.55. The molecule has 0 fully saturated rings. The molecule has 2 aromatic rings. The van der Waals surface area contributed by atoms with Gasteiger partial charge in [0.2, 0.25) is 5.91 Å². The lowest BCUT2D eigenvalue weighted by atomic mass is 10.1. The number of aryl methyl sites for hydroxylation is 1. The highest BCUT2D eigenvalue weighted by molar-refractivity contribution is 7.80. The van der Waals surface area contributed by atoms with Gasteiger partial charge >= 0.3 is 5.97 Å². The van der Waals surface area contributed by atoms with E-state index < -0.39 is 5.97 Å². The largest absolute Gasteiger partial charge is 0.478 e. The van der Waals surface area contributed by atoms with Gasteiger partial charge in [-0.25, -0.2) is 9.78 Å². The van der Waals surface area contributed by atoms with Crippen LogP contribution in [0.1, 0.15) is 54.1 Å². The van der Waals surface area contributed by atoms with Crippen molar-refractivity contribution in [3.63, 3.8) is 0 Å². The molecular weight excluding hydrogens is 398 g/mol. The van der Waals surface area contributed by atoms with E-state index in [1.54, 1.807) is 24.3 Å². The van der Waals surface area contributed by atoms with Crippen LogP contribution >= 0.6 is 24.2 Å². The van der Waals surface area contributed by atoms with Crippen LogP contribution in [0.3, 0.4) is 0 Å². The topological polar surface area (TPSA) is 84.2 Å². The molecule has 0 bridgehead atoms. The highest BCUT2D eigenvalue weighted by Crippen LogP contribution is 2.21. The molecule has 8 heteroatoms. The van der Waals surface area contributed by atoms with E-state index in [1.165, 1.54) is 0 Å². The van der Waals surface area contributed by atoms with Gasteiger partial charge in [-0.05, 0) is 24.1 Å². The Bertz CT molecular complexity index is 821. The number of thiol groups is 1. The maximum absolute atomic E-state index is 12.1. The summed E-state index contributed by atoms with van der Waals surface area (Å²) in [6, 6.07) is 6.73. The third kappa shape index (κ3) is 5.75. The minimum absolute atomic E-state index is 0.0836. The molecule has 1 heterocycles. The molecule has 0 saturated carbocycles. The molecule has 1 amide bonds. The Kier molecular flexibility index (Phi) is 8.38. The zero-order chi connectivity index (χ0) is 20.7. The second-order valence-electron chi connectivity index (χ2n) is 6.76. The van der Waals surface area contributed by atoms with Crippen molar-refractivity contribution in [1.29, 1.82) is 0 Å². The van der Waals surface area contributed by atoms with Crippen molar-refractivity contribution in [3.8, 4) is 0 Å². The number of imidazole rings is 1. The van der Waals surface area contributed by atoms with Gasteiger partial charge in [0.25, 0.3) is 0 Å². The van der Waals surface area contributed by atoms with Crippen molar-refractivity contribution in [2.75, 3.05) is 5.75 Å². The van der Waals surface area contributed by atoms with Crippen LogP contribution in [0.15, 0.2) is 24.3 Å². The molecule has 1 atom stereocenters. The van der Waals surface area contributed by atoms with Crippen LogP contribution in [0.4, 0.5) is 0 Å². The van der Waals surface area contributed by atoms with Gasteiger partial charge in [-0.1, -0.05) is 44.0 Å². The van der Waals surface area contributed by atoms with Crippen molar-refractivity contribution >= 4 is 36.1 Å². The van der Waals surface area contributed by atoms with E-state index in [9.17, 15) is 9.59 Å². The molecule has 1 aromatic carbocycles. The molecule has 28 heavy (non-hydrogen) atoms. The summed E-state index contributed by atoms with van der Waals surface area (Å²) in [6.45, 7) is 4.71. The quantitative estimate of drug-likeness (QED) is 0.507. The van der Waals surface area contributed by atoms with Crippen molar-refractivity contribution in [2.45, 2.75) is 46.2 Å². The van der Waals surface area contributed by atoms with Crippen molar-refractivity contribution in [3.05, 3.63) is 52.1 Å². The van der Waals surface area contributed by atoms with Gasteiger partial charge < -0.3 is 15.0 Å². The number of aromatic nitrogens is 2. The molecule has 2 rings (SSSR count). The second kappa shape index (κ2) is 10.5. The average Bonchev–Trinajstić information content (AvgIpc) is 2.98. The first-order valence-corrected chi connectivity index (χ1v) is 10.3. The zero-order valence-electron chi connectivity index (χ0n) is 16.1. The zero-order valence-corrected chi connectivity index (χ0v) is 17.8. The Balaban J connectivity index is 2.27. The molecule has 0 spiro atoms. The molecule has 0 aliphatic rings. The summed E-state index contributed by atoms with van der Waals surface area (Å²) in [7, 11) is 0. The van der Waals surface area contributed by atoms with Crippen LogP contribution in [0, 0.1) is 5.92 Å². The van der Waals surface area contributed by atoms with Gasteiger partial charge in [0.05, 0.1) is 17.8 Å². The minimum atomic E-state index is -0.956. The highest BCUT2D eigenvalue weighted by Gasteiger charge is 2.18. The molecule has 1 unspecified atom stereocenters. The summed E-state index contributed by atoms with van der Waals surface area (Å²) in [6.07, 6.45) is 2.79. The predicted molar refractivity (Wildman–Crippen MR) is 113 cm³/mol. The highest BCUT2D eigenvalue weighted by atomic mass is 35.5. The lowest BCUT2D eigenvalue weighted by Gasteiger charge is -2.14. The Morgan fingerprint density at radius 3 is 2.57 bits per heavy atom. The fourth-order valence-corrected chi connectivity index (χ4v) is 3.18. The van der Waals surface area contributed by atoms with Crippen LogP contribution in [-0.2, 0) is 24.3 Å². The molecule has 0 aliphatic heterocycles. The first-order chi connectivity index (χ1) is 13.4. The van der Waals surface area contributed by atoms with Crippen LogP contribution in [-0.4, -0.2) is 32.3 Å². The maximum Gasteiger partial charge on any atom is 0.335 e. The van der Waals surface area contributed by atoms with Crippen LogP contribution in [0.25, 0.3) is 0 Å². The summed E-state index contributed by atoms with van der Waals surface area (Å²) in [4.78, 5) is 27.7. The van der Waals surface area contributed by atoms with E-state index in [0.717, 1.165) is 36.3 Å². The predicted octanol–water partition coefficient (Wildman–Crippen LogP) is 3.81. The first kappa shape index (κ1) is 22.3. The number of carbonyl (C=O) groups is 2. The lowest BCUT2D eigenvalue weighted by Crippen LogP contribution is -2.30. The average molecular weight is 424 g/mol. The Morgan fingerprint density at radius 2 is 2.00 bits per heavy atom. The van der Waals surface area contributed by atoms with E-state index in [2.05, 4.69) is 29.9 Å². The number of carboxylic acid groups (broad SMARTS) is 1. The van der Waals surface area contributed by atoms with Crippen molar-refractivity contribution < 1.29 is 14.7 Å². The number of nitrogens with one attached hydrogen (secondary N) is 1. The summed E-state index contributed by atoms with van der Waals surface area (Å²) in [5.41, 5.74) is 1.93. The van der Waals surface area contributed by atoms with Crippen LogP contribution in [0.5, 0.6) is 0 Å². The number of halogens is 1. The number of rotatable bonds is 10. The third-order valence-corrected chi connectivity index (χ3v) is 5.40. The summed E-state index contributed by atoms with van der Waals surface area (Å²) >= 11 is 10.5. The van der Waals surface area contributed by atoms with E-state index >= 15 is 0 Å². The smallest absolute Gasteiger partial charge is 0.335 e. The molecule has 0 radical (unpaired) electrons. The SMILES string of the molecule is CCCCc1nc(Cl)c(CNC(=O)C(C)CS)n1Cc1ccc(C(=O)O)cc1. The number of carbonyl (C=O) groups excluding carboxylic acids is 1. The second-order valence-corrected chi connectivity index (χ2v) is 7.48. The van der Waals surface area contributed by atoms with Gasteiger partial charge in [0.1, 0.15) is 5.82 Å². The number of amides is 1. The fourth-order valence-electron chi connectivity index (χ4n) is 2.75. The summed E-state index contributed by atoms with van der Waals surface area (Å²) < 4.78 is 2.01. The van der Waals surface area contributed by atoms with E-state index in [-0.39, 0.29) is 23.9 Å². The normalized spacial score (nSPS) is 12.0. The van der Waals surface area contributed by atoms with Gasteiger partial charge in [-0.15, -0.1) is 0 Å². The van der Waals surface area contributed by atoms with Gasteiger partial charge in [0, 0.05) is 24.6 Å². The van der Waals surface area contributed by atoms with Crippen molar-refractivity contribution in [1.82, 2.24) is 14.9 Å². The number of benzene rings is 1. The van der Waals surface area contributed by atoms with E-state index in [0.29, 0.717) is 17.5 Å². The van der Waals surface area contributed by atoms with Crippen molar-refractivity contribution in [2.24, 2.45) is 5.92 Å². The minimum Gasteiger partial charge on any atom is -0.478 e.